The molecule has 1 aromatic rings. The van der Waals surface area contributed by atoms with E-state index in [1.165, 1.54) is 7.11 Å². The third-order valence-corrected chi connectivity index (χ3v) is 2.15. The summed E-state index contributed by atoms with van der Waals surface area (Å²) in [7, 11) is 1.46. The van der Waals surface area contributed by atoms with E-state index in [0.29, 0.717) is 6.29 Å². The van der Waals surface area contributed by atoms with E-state index in [1.807, 2.05) is 18.2 Å². The lowest BCUT2D eigenvalue weighted by atomic mass is 10.1. The van der Waals surface area contributed by atoms with Gasteiger partial charge in [-0.25, -0.2) is 0 Å². The first-order chi connectivity index (χ1) is 7.69. The second kappa shape index (κ2) is 6.02. The molecule has 0 aromatic heterocycles. The number of rotatable bonds is 5. The molecule has 0 heterocycles. The van der Waals surface area contributed by atoms with Crippen molar-refractivity contribution in [1.82, 2.24) is 5.32 Å². The summed E-state index contributed by atoms with van der Waals surface area (Å²) in [4.78, 5) is 22.2. The van der Waals surface area contributed by atoms with E-state index < -0.39 is 12.1 Å². The Bertz CT molecular complexity index is 351. The molecule has 0 saturated carbocycles. The third kappa shape index (κ3) is 3.17. The second-order valence-corrected chi connectivity index (χ2v) is 3.46. The van der Waals surface area contributed by atoms with Crippen LogP contribution in [0.3, 0.4) is 0 Å². The first kappa shape index (κ1) is 12.4. The minimum absolute atomic E-state index is 0.312. The highest BCUT2D eigenvalue weighted by Gasteiger charge is 2.20. The van der Waals surface area contributed by atoms with Gasteiger partial charge in [-0.2, -0.15) is 0 Å². The number of carbonyl (C=O) groups is 2. The maximum absolute atomic E-state index is 11.7. The quantitative estimate of drug-likeness (QED) is 0.757. The standard InChI is InChI=1S/C12H15NO3/c1-9(8-14)13-12(15)11(16-2)10-6-4-3-5-7-10/h3-9,11H,1-2H3,(H,13,15)/t9-,11?/m0/s1. The lowest BCUT2D eigenvalue weighted by Gasteiger charge is -2.16. The van der Waals surface area contributed by atoms with Crippen LogP contribution in [-0.2, 0) is 14.3 Å². The third-order valence-electron chi connectivity index (χ3n) is 2.15. The Labute approximate surface area is 94.6 Å². The number of aldehydes is 1. The van der Waals surface area contributed by atoms with Crippen molar-refractivity contribution < 1.29 is 14.3 Å². The van der Waals surface area contributed by atoms with Crippen molar-refractivity contribution in [3.05, 3.63) is 35.9 Å². The van der Waals surface area contributed by atoms with Crippen molar-refractivity contribution in [1.29, 1.82) is 0 Å². The number of benzene rings is 1. The first-order valence-corrected chi connectivity index (χ1v) is 5.02. The van der Waals surface area contributed by atoms with Crippen molar-refractivity contribution >= 4 is 12.2 Å². The molecule has 1 N–H and O–H groups in total. The summed E-state index contributed by atoms with van der Waals surface area (Å²) < 4.78 is 5.12. The summed E-state index contributed by atoms with van der Waals surface area (Å²) in [5.74, 6) is -0.312. The average Bonchev–Trinajstić information content (AvgIpc) is 2.31. The van der Waals surface area contributed by atoms with Crippen LogP contribution in [0.2, 0.25) is 0 Å². The molecule has 16 heavy (non-hydrogen) atoms. The predicted octanol–water partition coefficient (Wildman–Crippen LogP) is 1.08. The summed E-state index contributed by atoms with van der Waals surface area (Å²) in [5, 5.41) is 2.55. The Hall–Kier alpha value is -1.68. The van der Waals surface area contributed by atoms with E-state index in [4.69, 9.17) is 4.74 Å². The van der Waals surface area contributed by atoms with Crippen LogP contribution in [-0.4, -0.2) is 25.3 Å². The van der Waals surface area contributed by atoms with E-state index in [-0.39, 0.29) is 5.91 Å². The zero-order valence-corrected chi connectivity index (χ0v) is 9.34. The van der Waals surface area contributed by atoms with Gasteiger partial charge in [0.1, 0.15) is 6.29 Å². The predicted molar refractivity (Wildman–Crippen MR) is 59.9 cm³/mol. The molecule has 4 nitrogen and oxygen atoms in total. The van der Waals surface area contributed by atoms with Gasteiger partial charge in [-0.1, -0.05) is 30.3 Å². The molecule has 4 heteroatoms. The van der Waals surface area contributed by atoms with Crippen LogP contribution in [0.15, 0.2) is 30.3 Å². The summed E-state index contributed by atoms with van der Waals surface area (Å²) in [6.45, 7) is 1.61. The summed E-state index contributed by atoms with van der Waals surface area (Å²) >= 11 is 0. The molecule has 1 amide bonds. The Morgan fingerprint density at radius 1 is 1.38 bits per heavy atom. The molecule has 0 aliphatic heterocycles. The Balaban J connectivity index is 2.75. The van der Waals surface area contributed by atoms with Crippen LogP contribution in [0, 0.1) is 0 Å². The monoisotopic (exact) mass is 221 g/mol. The lowest BCUT2D eigenvalue weighted by molar-refractivity contribution is -0.133. The lowest BCUT2D eigenvalue weighted by Crippen LogP contribution is -2.37. The fourth-order valence-electron chi connectivity index (χ4n) is 1.36. The van der Waals surface area contributed by atoms with Crippen LogP contribution in [0.5, 0.6) is 0 Å². The van der Waals surface area contributed by atoms with E-state index in [0.717, 1.165) is 5.56 Å². The molecule has 2 atom stereocenters. The van der Waals surface area contributed by atoms with Crippen molar-refractivity contribution in [3.8, 4) is 0 Å². The molecule has 0 bridgehead atoms. The fraction of sp³-hybridized carbons (Fsp3) is 0.333. The second-order valence-electron chi connectivity index (χ2n) is 3.46. The number of amides is 1. The molecule has 0 fully saturated rings. The fourth-order valence-corrected chi connectivity index (χ4v) is 1.36. The normalized spacial score (nSPS) is 13.9. The van der Waals surface area contributed by atoms with Gasteiger partial charge in [-0.3, -0.25) is 4.79 Å². The number of hydrogen-bond acceptors (Lipinski definition) is 3. The average molecular weight is 221 g/mol. The van der Waals surface area contributed by atoms with Crippen LogP contribution in [0.25, 0.3) is 0 Å². The molecule has 0 spiro atoms. The van der Waals surface area contributed by atoms with Gasteiger partial charge in [-0.05, 0) is 12.5 Å². The number of carbonyl (C=O) groups excluding carboxylic acids is 2. The summed E-state index contributed by atoms with van der Waals surface area (Å²) in [5.41, 5.74) is 0.764. The Kier molecular flexibility index (Phi) is 4.66. The molecule has 1 unspecified atom stereocenters. The first-order valence-electron chi connectivity index (χ1n) is 5.02. The number of methoxy groups -OCH3 is 1. The summed E-state index contributed by atoms with van der Waals surface area (Å²) in [6, 6.07) is 8.63. The van der Waals surface area contributed by atoms with Crippen LogP contribution < -0.4 is 5.32 Å². The molecular weight excluding hydrogens is 206 g/mol. The van der Waals surface area contributed by atoms with Crippen molar-refractivity contribution in [2.45, 2.75) is 19.1 Å². The zero-order valence-electron chi connectivity index (χ0n) is 9.34. The van der Waals surface area contributed by atoms with Gasteiger partial charge in [-0.15, -0.1) is 0 Å². The van der Waals surface area contributed by atoms with Gasteiger partial charge in [0.2, 0.25) is 0 Å². The Morgan fingerprint density at radius 3 is 2.50 bits per heavy atom. The maximum atomic E-state index is 11.7. The maximum Gasteiger partial charge on any atom is 0.254 e. The van der Waals surface area contributed by atoms with Gasteiger partial charge in [0, 0.05) is 7.11 Å². The topological polar surface area (TPSA) is 55.4 Å². The van der Waals surface area contributed by atoms with E-state index in [2.05, 4.69) is 5.32 Å². The molecular formula is C12H15NO3. The SMILES string of the molecule is COC(C(=O)N[C@@H](C)C=O)c1ccccc1. The number of hydrogen-bond donors (Lipinski definition) is 1. The molecule has 86 valence electrons. The van der Waals surface area contributed by atoms with Gasteiger partial charge in [0.15, 0.2) is 6.10 Å². The number of nitrogens with one attached hydrogen (secondary N) is 1. The van der Waals surface area contributed by atoms with Crippen LogP contribution in [0.4, 0.5) is 0 Å². The van der Waals surface area contributed by atoms with E-state index >= 15 is 0 Å². The van der Waals surface area contributed by atoms with E-state index in [1.54, 1.807) is 19.1 Å². The van der Waals surface area contributed by atoms with Crippen molar-refractivity contribution in [2.24, 2.45) is 0 Å². The smallest absolute Gasteiger partial charge is 0.254 e. The highest BCUT2D eigenvalue weighted by Crippen LogP contribution is 2.16. The largest absolute Gasteiger partial charge is 0.367 e. The van der Waals surface area contributed by atoms with Crippen molar-refractivity contribution in [3.63, 3.8) is 0 Å². The molecule has 0 aliphatic rings. The molecule has 0 saturated heterocycles. The minimum atomic E-state index is -0.677. The molecule has 1 aromatic carbocycles. The zero-order chi connectivity index (χ0) is 12.0. The van der Waals surface area contributed by atoms with Gasteiger partial charge < -0.3 is 14.8 Å². The Morgan fingerprint density at radius 2 is 2.00 bits per heavy atom. The highest BCUT2D eigenvalue weighted by atomic mass is 16.5. The minimum Gasteiger partial charge on any atom is -0.367 e. The molecule has 0 radical (unpaired) electrons. The summed E-state index contributed by atoms with van der Waals surface area (Å²) in [6.07, 6.45) is -0.00102. The van der Waals surface area contributed by atoms with Gasteiger partial charge in [0.05, 0.1) is 6.04 Å². The molecule has 0 aliphatic carbocycles. The van der Waals surface area contributed by atoms with E-state index in [9.17, 15) is 9.59 Å². The van der Waals surface area contributed by atoms with Gasteiger partial charge in [0.25, 0.3) is 5.91 Å². The van der Waals surface area contributed by atoms with Gasteiger partial charge >= 0.3 is 0 Å². The van der Waals surface area contributed by atoms with Crippen LogP contribution >= 0.6 is 0 Å². The van der Waals surface area contributed by atoms with Crippen molar-refractivity contribution in [2.75, 3.05) is 7.11 Å². The number of ether oxygens (including phenoxy) is 1. The molecule has 1 rings (SSSR count). The highest BCUT2D eigenvalue weighted by molar-refractivity contribution is 5.84. The van der Waals surface area contributed by atoms with Crippen LogP contribution in [0.1, 0.15) is 18.6 Å².